The first-order valence-electron chi connectivity index (χ1n) is 11.1. The Balaban J connectivity index is 1.48. The first-order valence-corrected chi connectivity index (χ1v) is 11.1. The molecule has 0 radical (unpaired) electrons. The van der Waals surface area contributed by atoms with E-state index in [9.17, 15) is 4.79 Å². The van der Waals surface area contributed by atoms with Gasteiger partial charge in [-0.2, -0.15) is 0 Å². The van der Waals surface area contributed by atoms with Crippen molar-refractivity contribution in [1.82, 2.24) is 4.90 Å². The molecule has 1 aliphatic rings. The molecule has 1 fully saturated rings. The summed E-state index contributed by atoms with van der Waals surface area (Å²) in [6.07, 6.45) is 1.86. The van der Waals surface area contributed by atoms with Crippen LogP contribution in [0.5, 0.6) is 11.5 Å². The van der Waals surface area contributed by atoms with Crippen molar-refractivity contribution in [3.05, 3.63) is 90.0 Å². The number of hydrogen-bond donors (Lipinski definition) is 0. The Morgan fingerprint density at radius 3 is 2.22 bits per heavy atom. The zero-order valence-corrected chi connectivity index (χ0v) is 18.7. The van der Waals surface area contributed by atoms with Crippen LogP contribution in [0.4, 0.5) is 5.69 Å². The molecule has 1 saturated heterocycles. The van der Waals surface area contributed by atoms with Gasteiger partial charge in [-0.15, -0.1) is 0 Å². The number of para-hydroxylation sites is 1. The Morgan fingerprint density at radius 2 is 1.56 bits per heavy atom. The van der Waals surface area contributed by atoms with Crippen LogP contribution in [-0.2, 0) is 6.54 Å². The molecule has 0 saturated carbocycles. The van der Waals surface area contributed by atoms with Crippen molar-refractivity contribution in [3.8, 4) is 11.5 Å². The highest BCUT2D eigenvalue weighted by Crippen LogP contribution is 2.27. The fraction of sp³-hybridized carbons (Fsp3) is 0.296. The zero-order chi connectivity index (χ0) is 22.3. The van der Waals surface area contributed by atoms with E-state index in [0.29, 0.717) is 5.56 Å². The van der Waals surface area contributed by atoms with Crippen molar-refractivity contribution < 1.29 is 14.3 Å². The average Bonchev–Trinajstić information content (AvgIpc) is 2.86. The SMILES string of the molecule is COc1ccc(C(=O)N(c2ccccc2)C2CCN(Cc3cccc(OC)c3)CC2)cc1. The minimum atomic E-state index is 0.0325. The van der Waals surface area contributed by atoms with Crippen molar-refractivity contribution in [2.75, 3.05) is 32.2 Å². The lowest BCUT2D eigenvalue weighted by Gasteiger charge is -2.38. The fourth-order valence-electron chi connectivity index (χ4n) is 4.32. The van der Waals surface area contributed by atoms with Gasteiger partial charge in [-0.05, 0) is 66.9 Å². The second-order valence-electron chi connectivity index (χ2n) is 8.10. The Labute approximate surface area is 190 Å². The van der Waals surface area contributed by atoms with E-state index in [1.165, 1.54) is 5.56 Å². The van der Waals surface area contributed by atoms with Crippen LogP contribution in [0.2, 0.25) is 0 Å². The van der Waals surface area contributed by atoms with Gasteiger partial charge < -0.3 is 14.4 Å². The van der Waals surface area contributed by atoms with Crippen LogP contribution in [0.25, 0.3) is 0 Å². The molecule has 1 heterocycles. The second kappa shape index (κ2) is 10.3. The van der Waals surface area contributed by atoms with Gasteiger partial charge >= 0.3 is 0 Å². The maximum absolute atomic E-state index is 13.5. The molecule has 5 heteroatoms. The number of likely N-dealkylation sites (tertiary alicyclic amines) is 1. The largest absolute Gasteiger partial charge is 0.497 e. The minimum absolute atomic E-state index is 0.0325. The lowest BCUT2D eigenvalue weighted by Crippen LogP contribution is -2.47. The summed E-state index contributed by atoms with van der Waals surface area (Å²) in [5.41, 5.74) is 2.87. The number of carbonyl (C=O) groups excluding carboxylic acids is 1. The van der Waals surface area contributed by atoms with Gasteiger partial charge in [0.2, 0.25) is 0 Å². The van der Waals surface area contributed by atoms with Gasteiger partial charge in [0.05, 0.1) is 14.2 Å². The van der Waals surface area contributed by atoms with E-state index in [0.717, 1.165) is 49.7 Å². The van der Waals surface area contributed by atoms with Crippen LogP contribution in [0.1, 0.15) is 28.8 Å². The molecule has 1 amide bonds. The van der Waals surface area contributed by atoms with E-state index >= 15 is 0 Å². The van der Waals surface area contributed by atoms with Crippen molar-refractivity contribution in [2.24, 2.45) is 0 Å². The van der Waals surface area contributed by atoms with E-state index in [4.69, 9.17) is 9.47 Å². The van der Waals surface area contributed by atoms with Gasteiger partial charge in [0.25, 0.3) is 5.91 Å². The maximum Gasteiger partial charge on any atom is 0.258 e. The monoisotopic (exact) mass is 430 g/mol. The quantitative estimate of drug-likeness (QED) is 0.528. The predicted molar refractivity (Wildman–Crippen MR) is 128 cm³/mol. The van der Waals surface area contributed by atoms with Gasteiger partial charge in [0, 0.05) is 36.9 Å². The molecule has 4 rings (SSSR count). The molecule has 0 aromatic heterocycles. The third-order valence-electron chi connectivity index (χ3n) is 6.05. The van der Waals surface area contributed by atoms with Crippen molar-refractivity contribution in [2.45, 2.75) is 25.4 Å². The number of ether oxygens (including phenoxy) is 2. The summed E-state index contributed by atoms with van der Waals surface area (Å²) in [6.45, 7) is 2.78. The van der Waals surface area contributed by atoms with Gasteiger partial charge in [-0.3, -0.25) is 9.69 Å². The van der Waals surface area contributed by atoms with Crippen molar-refractivity contribution >= 4 is 11.6 Å². The van der Waals surface area contributed by atoms with Gasteiger partial charge in [0.1, 0.15) is 11.5 Å². The second-order valence-corrected chi connectivity index (χ2v) is 8.10. The topological polar surface area (TPSA) is 42.0 Å². The first kappa shape index (κ1) is 21.9. The molecule has 3 aromatic carbocycles. The maximum atomic E-state index is 13.5. The van der Waals surface area contributed by atoms with E-state index in [1.807, 2.05) is 71.6 Å². The van der Waals surface area contributed by atoms with E-state index < -0.39 is 0 Å². The van der Waals surface area contributed by atoms with Crippen molar-refractivity contribution in [1.29, 1.82) is 0 Å². The van der Waals surface area contributed by atoms with Crippen molar-refractivity contribution in [3.63, 3.8) is 0 Å². The molecule has 0 spiro atoms. The number of methoxy groups -OCH3 is 2. The summed E-state index contributed by atoms with van der Waals surface area (Å²) >= 11 is 0. The molecule has 0 aliphatic carbocycles. The van der Waals surface area contributed by atoms with Gasteiger partial charge in [0.15, 0.2) is 0 Å². The molecule has 5 nitrogen and oxygen atoms in total. The number of benzene rings is 3. The van der Waals surface area contributed by atoms with E-state index in [2.05, 4.69) is 17.0 Å². The number of anilines is 1. The van der Waals surface area contributed by atoms with Crippen LogP contribution < -0.4 is 14.4 Å². The summed E-state index contributed by atoms with van der Waals surface area (Å²) in [5.74, 6) is 1.67. The van der Waals surface area contributed by atoms with E-state index in [1.54, 1.807) is 14.2 Å². The molecule has 32 heavy (non-hydrogen) atoms. The van der Waals surface area contributed by atoms with Crippen LogP contribution >= 0.6 is 0 Å². The molecular weight excluding hydrogens is 400 g/mol. The Bertz CT molecular complexity index is 1010. The third-order valence-corrected chi connectivity index (χ3v) is 6.05. The van der Waals surface area contributed by atoms with Gasteiger partial charge in [-0.25, -0.2) is 0 Å². The summed E-state index contributed by atoms with van der Waals surface area (Å²) in [7, 11) is 3.33. The summed E-state index contributed by atoms with van der Waals surface area (Å²) < 4.78 is 10.6. The highest BCUT2D eigenvalue weighted by Gasteiger charge is 2.30. The number of nitrogens with zero attached hydrogens (tertiary/aromatic N) is 2. The standard InChI is InChI=1S/C27H30N2O3/c1-31-25-13-11-22(12-14-25)27(30)29(23-8-4-3-5-9-23)24-15-17-28(18-16-24)20-21-7-6-10-26(19-21)32-2/h3-14,19,24H,15-18,20H2,1-2H3. The van der Waals surface area contributed by atoms with Crippen LogP contribution in [0, 0.1) is 0 Å². The fourth-order valence-corrected chi connectivity index (χ4v) is 4.32. The summed E-state index contributed by atoms with van der Waals surface area (Å²) in [6, 6.07) is 25.8. The smallest absolute Gasteiger partial charge is 0.258 e. The number of hydrogen-bond acceptors (Lipinski definition) is 4. The Hall–Kier alpha value is -3.31. The predicted octanol–water partition coefficient (Wildman–Crippen LogP) is 5.02. The molecule has 0 unspecified atom stereocenters. The summed E-state index contributed by atoms with van der Waals surface area (Å²) in [5, 5.41) is 0. The van der Waals surface area contributed by atoms with Gasteiger partial charge in [-0.1, -0.05) is 30.3 Å². The lowest BCUT2D eigenvalue weighted by atomic mass is 10.00. The molecule has 0 atom stereocenters. The first-order chi connectivity index (χ1) is 15.7. The third kappa shape index (κ3) is 5.11. The minimum Gasteiger partial charge on any atom is -0.497 e. The Morgan fingerprint density at radius 1 is 0.875 bits per heavy atom. The van der Waals surface area contributed by atoms with E-state index in [-0.39, 0.29) is 11.9 Å². The highest BCUT2D eigenvalue weighted by molar-refractivity contribution is 6.06. The number of carbonyl (C=O) groups is 1. The average molecular weight is 431 g/mol. The number of amides is 1. The van der Waals surface area contributed by atoms with Crippen LogP contribution in [0.3, 0.4) is 0 Å². The lowest BCUT2D eigenvalue weighted by molar-refractivity contribution is 0.0958. The molecular formula is C27H30N2O3. The molecule has 0 N–H and O–H groups in total. The van der Waals surface area contributed by atoms with Crippen LogP contribution in [-0.4, -0.2) is 44.2 Å². The molecule has 3 aromatic rings. The summed E-state index contributed by atoms with van der Waals surface area (Å²) in [4.78, 5) is 18.0. The molecule has 166 valence electrons. The molecule has 0 bridgehead atoms. The Kier molecular flexibility index (Phi) is 7.07. The zero-order valence-electron chi connectivity index (χ0n) is 18.7. The molecule has 1 aliphatic heterocycles. The van der Waals surface area contributed by atoms with Crippen LogP contribution in [0.15, 0.2) is 78.9 Å². The number of rotatable bonds is 7. The normalized spacial score (nSPS) is 14.7. The highest BCUT2D eigenvalue weighted by atomic mass is 16.5. The number of piperidine rings is 1.